The normalized spacial score (nSPS) is 14.3. The van der Waals surface area contributed by atoms with Crippen LogP contribution in [0.15, 0.2) is 24.3 Å². The summed E-state index contributed by atoms with van der Waals surface area (Å²) < 4.78 is 36.2. The van der Waals surface area contributed by atoms with Crippen LogP contribution in [0.25, 0.3) is 0 Å². The number of carbonyl (C=O) groups is 1. The Morgan fingerprint density at radius 2 is 1.87 bits per heavy atom. The molecule has 3 N–H and O–H groups in total. The summed E-state index contributed by atoms with van der Waals surface area (Å²) in [7, 11) is -1.30. The van der Waals surface area contributed by atoms with Gasteiger partial charge in [-0.25, -0.2) is 0 Å². The fourth-order valence-corrected chi connectivity index (χ4v) is 2.30. The molecule has 130 valence electrons. The number of methoxy groups -OCH3 is 1. The van der Waals surface area contributed by atoms with E-state index in [0.717, 1.165) is 12.7 Å². The van der Waals surface area contributed by atoms with E-state index in [1.54, 1.807) is 24.3 Å². The molecule has 0 amide bonds. The van der Waals surface area contributed by atoms with Gasteiger partial charge in [-0.3, -0.25) is 8.98 Å². The average Bonchev–Trinajstić information content (AvgIpc) is 2.54. The zero-order chi connectivity index (χ0) is 17.5. The molecule has 1 rings (SSSR count). The van der Waals surface area contributed by atoms with Gasteiger partial charge >= 0.3 is 5.97 Å². The summed E-state index contributed by atoms with van der Waals surface area (Å²) in [5, 5.41) is 9.43. The van der Waals surface area contributed by atoms with Crippen LogP contribution < -0.4 is 10.5 Å². The Morgan fingerprint density at radius 3 is 2.39 bits per heavy atom. The highest BCUT2D eigenvalue weighted by molar-refractivity contribution is 7.86. The zero-order valence-electron chi connectivity index (χ0n) is 13.0. The first-order chi connectivity index (χ1) is 10.8. The molecule has 0 radical (unpaired) electrons. The van der Waals surface area contributed by atoms with E-state index in [0.29, 0.717) is 6.42 Å². The van der Waals surface area contributed by atoms with E-state index in [-0.39, 0.29) is 12.2 Å². The standard InChI is InChI=1S/C14H21NO7S/c1-20-14(17)12(15)9-10-3-5-11(6-4-10)22-13(16)7-8-23(18,19)21-2/h3-6,12,14,17H,7-9,15H2,1-2H3. The van der Waals surface area contributed by atoms with Crippen LogP contribution in [0, 0.1) is 0 Å². The largest absolute Gasteiger partial charge is 0.427 e. The van der Waals surface area contributed by atoms with Crippen LogP contribution in [0.4, 0.5) is 0 Å². The van der Waals surface area contributed by atoms with Crippen LogP contribution in [0.5, 0.6) is 5.75 Å². The number of rotatable bonds is 9. The molecule has 2 unspecified atom stereocenters. The van der Waals surface area contributed by atoms with Gasteiger partial charge in [0.1, 0.15) is 5.75 Å². The summed E-state index contributed by atoms with van der Waals surface area (Å²) in [5.74, 6) is -0.830. The summed E-state index contributed by atoms with van der Waals surface area (Å²) in [6.45, 7) is 0. The Hall–Kier alpha value is -1.52. The Kier molecular flexibility index (Phi) is 7.59. The molecular weight excluding hydrogens is 326 g/mol. The van der Waals surface area contributed by atoms with Crippen LogP contribution in [0.1, 0.15) is 12.0 Å². The minimum absolute atomic E-state index is 0.287. The SMILES string of the molecule is COC(O)C(N)Cc1ccc(OC(=O)CCS(=O)(=O)OC)cc1. The summed E-state index contributed by atoms with van der Waals surface area (Å²) in [4.78, 5) is 11.6. The first kappa shape index (κ1) is 19.5. The molecule has 1 aromatic carbocycles. The third-order valence-electron chi connectivity index (χ3n) is 3.04. The summed E-state index contributed by atoms with van der Waals surface area (Å²) in [6.07, 6.45) is -0.978. The van der Waals surface area contributed by atoms with Gasteiger partial charge in [0.2, 0.25) is 0 Å². The van der Waals surface area contributed by atoms with E-state index >= 15 is 0 Å². The van der Waals surface area contributed by atoms with E-state index in [1.807, 2.05) is 0 Å². The lowest BCUT2D eigenvalue weighted by Crippen LogP contribution is -2.37. The van der Waals surface area contributed by atoms with Crippen molar-refractivity contribution >= 4 is 16.1 Å². The van der Waals surface area contributed by atoms with Crippen molar-refractivity contribution in [1.82, 2.24) is 0 Å². The number of ether oxygens (including phenoxy) is 2. The molecule has 0 fully saturated rings. The maximum atomic E-state index is 11.6. The smallest absolute Gasteiger partial charge is 0.312 e. The maximum Gasteiger partial charge on any atom is 0.312 e. The van der Waals surface area contributed by atoms with Gasteiger partial charge in [-0.1, -0.05) is 12.1 Å². The fraction of sp³-hybridized carbons (Fsp3) is 0.500. The van der Waals surface area contributed by atoms with Crippen molar-refractivity contribution < 1.29 is 32.0 Å². The van der Waals surface area contributed by atoms with Crippen LogP contribution in [0.2, 0.25) is 0 Å². The van der Waals surface area contributed by atoms with E-state index in [4.69, 9.17) is 15.2 Å². The minimum Gasteiger partial charge on any atom is -0.427 e. The van der Waals surface area contributed by atoms with Gasteiger partial charge in [-0.2, -0.15) is 8.42 Å². The minimum atomic E-state index is -3.69. The first-order valence-electron chi connectivity index (χ1n) is 6.81. The first-order valence-corrected chi connectivity index (χ1v) is 8.39. The summed E-state index contributed by atoms with van der Waals surface area (Å²) in [5.41, 5.74) is 6.57. The molecule has 0 spiro atoms. The molecular formula is C14H21NO7S. The number of esters is 1. The lowest BCUT2D eigenvalue weighted by atomic mass is 10.1. The van der Waals surface area contributed by atoms with E-state index in [2.05, 4.69) is 4.18 Å². The number of carbonyl (C=O) groups excluding carboxylic acids is 1. The Labute approximate surface area is 135 Å². The van der Waals surface area contributed by atoms with E-state index < -0.39 is 34.2 Å². The van der Waals surface area contributed by atoms with E-state index in [1.165, 1.54) is 7.11 Å². The van der Waals surface area contributed by atoms with Gasteiger partial charge in [-0.15, -0.1) is 0 Å². The molecule has 0 saturated heterocycles. The molecule has 0 bridgehead atoms. The second kappa shape index (κ2) is 8.94. The van der Waals surface area contributed by atoms with Crippen LogP contribution in [-0.4, -0.2) is 51.8 Å². The van der Waals surface area contributed by atoms with Gasteiger partial charge < -0.3 is 20.3 Å². The second-order valence-electron chi connectivity index (χ2n) is 4.79. The van der Waals surface area contributed by atoms with Crippen LogP contribution in [-0.2, 0) is 30.3 Å². The molecule has 0 aromatic heterocycles. The predicted molar refractivity (Wildman–Crippen MR) is 82.2 cm³/mol. The van der Waals surface area contributed by atoms with Crippen molar-refractivity contribution in [2.45, 2.75) is 25.2 Å². The third-order valence-corrected chi connectivity index (χ3v) is 4.26. The number of aliphatic hydroxyl groups is 1. The molecule has 1 aromatic rings. The quantitative estimate of drug-likeness (QED) is 0.272. The predicted octanol–water partition coefficient (Wildman–Crippen LogP) is -0.207. The topological polar surface area (TPSA) is 125 Å². The second-order valence-corrected chi connectivity index (χ2v) is 6.65. The highest BCUT2D eigenvalue weighted by Crippen LogP contribution is 2.15. The Bertz CT molecular complexity index is 600. The van der Waals surface area contributed by atoms with E-state index in [9.17, 15) is 18.3 Å². The molecule has 8 nitrogen and oxygen atoms in total. The molecule has 2 atom stereocenters. The van der Waals surface area contributed by atoms with Crippen molar-refractivity contribution in [3.05, 3.63) is 29.8 Å². The number of hydrogen-bond acceptors (Lipinski definition) is 8. The summed E-state index contributed by atoms with van der Waals surface area (Å²) >= 11 is 0. The van der Waals surface area contributed by atoms with Crippen molar-refractivity contribution in [1.29, 1.82) is 0 Å². The molecule has 9 heteroatoms. The van der Waals surface area contributed by atoms with Gasteiger partial charge in [0.05, 0.1) is 25.3 Å². The number of benzene rings is 1. The van der Waals surface area contributed by atoms with Gasteiger partial charge in [0.15, 0.2) is 6.29 Å². The van der Waals surface area contributed by atoms with Gasteiger partial charge in [0.25, 0.3) is 10.1 Å². The Morgan fingerprint density at radius 1 is 1.26 bits per heavy atom. The van der Waals surface area contributed by atoms with Crippen molar-refractivity contribution in [3.63, 3.8) is 0 Å². The Balaban J connectivity index is 2.52. The van der Waals surface area contributed by atoms with Gasteiger partial charge in [0, 0.05) is 7.11 Å². The highest BCUT2D eigenvalue weighted by Gasteiger charge is 2.15. The average molecular weight is 347 g/mol. The zero-order valence-corrected chi connectivity index (χ0v) is 13.8. The highest BCUT2D eigenvalue weighted by atomic mass is 32.2. The molecule has 0 aliphatic carbocycles. The number of nitrogens with two attached hydrogens (primary N) is 1. The van der Waals surface area contributed by atoms with Crippen LogP contribution >= 0.6 is 0 Å². The third kappa shape index (κ3) is 7.06. The van der Waals surface area contributed by atoms with Crippen molar-refractivity contribution in [3.8, 4) is 5.75 Å². The molecule has 0 aliphatic rings. The maximum absolute atomic E-state index is 11.6. The molecule has 0 saturated carbocycles. The van der Waals surface area contributed by atoms with Crippen molar-refractivity contribution in [2.75, 3.05) is 20.0 Å². The van der Waals surface area contributed by atoms with Crippen LogP contribution in [0.3, 0.4) is 0 Å². The number of aliphatic hydroxyl groups excluding tert-OH is 1. The van der Waals surface area contributed by atoms with Crippen molar-refractivity contribution in [2.24, 2.45) is 5.73 Å². The number of hydrogen-bond donors (Lipinski definition) is 2. The monoisotopic (exact) mass is 347 g/mol. The molecule has 0 heterocycles. The molecule has 0 aliphatic heterocycles. The molecule has 23 heavy (non-hydrogen) atoms. The lowest BCUT2D eigenvalue weighted by molar-refractivity contribution is -0.133. The summed E-state index contributed by atoms with van der Waals surface area (Å²) in [6, 6.07) is 5.93. The van der Waals surface area contributed by atoms with Gasteiger partial charge in [-0.05, 0) is 24.1 Å². The fourth-order valence-electron chi connectivity index (χ4n) is 1.72. The lowest BCUT2D eigenvalue weighted by Gasteiger charge is -2.17.